The number of likely N-dealkylation sites (N-methyl/N-ethyl adjacent to an activating group) is 1. The molecule has 0 aromatic heterocycles. The smallest absolute Gasteiger partial charge is 0.238 e. The van der Waals surface area contributed by atoms with E-state index >= 15 is 0 Å². The largest absolute Gasteiger partial charge is 0.495 e. The molecule has 6 heteroatoms. The first-order chi connectivity index (χ1) is 9.60. The number of benzene rings is 1. The molecule has 1 aliphatic heterocycles. The molecule has 20 heavy (non-hydrogen) atoms. The third kappa shape index (κ3) is 3.85. The van der Waals surface area contributed by atoms with Crippen LogP contribution in [-0.4, -0.2) is 50.6 Å². The second-order valence-electron chi connectivity index (χ2n) is 4.95. The number of anilines is 1. The van der Waals surface area contributed by atoms with Crippen LogP contribution in [-0.2, 0) is 4.79 Å². The topological polar surface area (TPSA) is 53.6 Å². The number of halogens is 1. The van der Waals surface area contributed by atoms with Crippen molar-refractivity contribution in [2.45, 2.75) is 12.5 Å². The Morgan fingerprint density at radius 3 is 3.05 bits per heavy atom. The first-order valence-electron chi connectivity index (χ1n) is 6.64. The van der Waals surface area contributed by atoms with E-state index in [-0.39, 0.29) is 5.91 Å². The standard InChI is InChI=1S/C14H20ClN3O2/c1-18(11-5-6-16-8-11)9-14(19)17-12-7-10(15)3-4-13(12)20-2/h3-4,7,11,16H,5-6,8-9H2,1-2H3,(H,17,19). The molecule has 1 aromatic rings. The summed E-state index contributed by atoms with van der Waals surface area (Å²) < 4.78 is 5.21. The lowest BCUT2D eigenvalue weighted by molar-refractivity contribution is -0.117. The lowest BCUT2D eigenvalue weighted by atomic mass is 10.2. The molecule has 110 valence electrons. The summed E-state index contributed by atoms with van der Waals surface area (Å²) >= 11 is 5.94. The maximum absolute atomic E-state index is 12.1. The zero-order valence-electron chi connectivity index (χ0n) is 11.8. The van der Waals surface area contributed by atoms with E-state index in [1.807, 2.05) is 7.05 Å². The number of nitrogens with one attached hydrogen (secondary N) is 2. The SMILES string of the molecule is COc1ccc(Cl)cc1NC(=O)CN(C)C1CCNC1. The first kappa shape index (κ1) is 15.1. The highest BCUT2D eigenvalue weighted by Gasteiger charge is 2.21. The minimum atomic E-state index is -0.0695. The highest BCUT2D eigenvalue weighted by Crippen LogP contribution is 2.27. The molecule has 0 spiro atoms. The highest BCUT2D eigenvalue weighted by molar-refractivity contribution is 6.31. The molecule has 1 atom stereocenters. The summed E-state index contributed by atoms with van der Waals surface area (Å²) in [5.41, 5.74) is 0.600. The number of hydrogen-bond donors (Lipinski definition) is 2. The average Bonchev–Trinajstić information content (AvgIpc) is 2.92. The van der Waals surface area contributed by atoms with Crippen molar-refractivity contribution in [2.24, 2.45) is 0 Å². The average molecular weight is 298 g/mol. The Hall–Kier alpha value is -1.30. The van der Waals surface area contributed by atoms with Gasteiger partial charge in [0.25, 0.3) is 0 Å². The number of hydrogen-bond acceptors (Lipinski definition) is 4. The summed E-state index contributed by atoms with van der Waals surface area (Å²) in [6.07, 6.45) is 1.07. The molecule has 2 N–H and O–H groups in total. The van der Waals surface area contributed by atoms with E-state index in [2.05, 4.69) is 15.5 Å². The van der Waals surface area contributed by atoms with Gasteiger partial charge in [-0.1, -0.05) is 11.6 Å². The number of nitrogens with zero attached hydrogens (tertiary/aromatic N) is 1. The van der Waals surface area contributed by atoms with Gasteiger partial charge in [0.15, 0.2) is 0 Å². The quantitative estimate of drug-likeness (QED) is 0.866. The molecule has 2 rings (SSSR count). The van der Waals surface area contributed by atoms with Crippen LogP contribution >= 0.6 is 11.6 Å². The van der Waals surface area contributed by atoms with E-state index in [1.54, 1.807) is 25.3 Å². The van der Waals surface area contributed by atoms with Crippen LogP contribution in [0.2, 0.25) is 5.02 Å². The van der Waals surface area contributed by atoms with Crippen molar-refractivity contribution in [1.29, 1.82) is 0 Å². The number of rotatable bonds is 5. The Labute approximate surface area is 124 Å². The lowest BCUT2D eigenvalue weighted by Crippen LogP contribution is -2.39. The van der Waals surface area contributed by atoms with E-state index in [4.69, 9.17) is 16.3 Å². The molecule has 0 saturated carbocycles. The Morgan fingerprint density at radius 2 is 2.40 bits per heavy atom. The molecule has 0 bridgehead atoms. The third-order valence-corrected chi connectivity index (χ3v) is 3.72. The van der Waals surface area contributed by atoms with Crippen LogP contribution in [0.3, 0.4) is 0 Å². The van der Waals surface area contributed by atoms with Gasteiger partial charge < -0.3 is 15.4 Å². The molecular weight excluding hydrogens is 278 g/mol. The third-order valence-electron chi connectivity index (χ3n) is 3.49. The predicted octanol–water partition coefficient (Wildman–Crippen LogP) is 1.58. The molecule has 1 heterocycles. The maximum atomic E-state index is 12.1. The van der Waals surface area contributed by atoms with E-state index in [1.165, 1.54) is 0 Å². The van der Waals surface area contributed by atoms with Crippen LogP contribution in [0.5, 0.6) is 5.75 Å². The van der Waals surface area contributed by atoms with Crippen LogP contribution < -0.4 is 15.4 Å². The van der Waals surface area contributed by atoms with Gasteiger partial charge in [-0.05, 0) is 38.2 Å². The number of methoxy groups -OCH3 is 1. The molecule has 0 radical (unpaired) electrons. The Kier molecular flexibility index (Phi) is 5.23. The molecule has 1 fully saturated rings. The molecule has 1 unspecified atom stereocenters. The molecular formula is C14H20ClN3O2. The van der Waals surface area contributed by atoms with Gasteiger partial charge in [0.05, 0.1) is 19.3 Å². The van der Waals surface area contributed by atoms with Gasteiger partial charge in [-0.15, -0.1) is 0 Å². The van der Waals surface area contributed by atoms with Crippen molar-refractivity contribution in [3.8, 4) is 5.75 Å². The van der Waals surface area contributed by atoms with Crippen molar-refractivity contribution in [2.75, 3.05) is 39.1 Å². The van der Waals surface area contributed by atoms with Gasteiger partial charge >= 0.3 is 0 Å². The van der Waals surface area contributed by atoms with Crippen LogP contribution in [0.4, 0.5) is 5.69 Å². The fourth-order valence-corrected chi connectivity index (χ4v) is 2.51. The van der Waals surface area contributed by atoms with Crippen LogP contribution in [0.1, 0.15) is 6.42 Å². The molecule has 1 aromatic carbocycles. The van der Waals surface area contributed by atoms with Gasteiger partial charge in [-0.25, -0.2) is 0 Å². The predicted molar refractivity (Wildman–Crippen MR) is 80.5 cm³/mol. The molecule has 0 aliphatic carbocycles. The highest BCUT2D eigenvalue weighted by atomic mass is 35.5. The van der Waals surface area contributed by atoms with Gasteiger partial charge in [0, 0.05) is 17.6 Å². The summed E-state index contributed by atoms with van der Waals surface area (Å²) in [4.78, 5) is 14.1. The number of carbonyl (C=O) groups excluding carboxylic acids is 1. The summed E-state index contributed by atoms with van der Waals surface area (Å²) in [5.74, 6) is 0.535. The fraction of sp³-hybridized carbons (Fsp3) is 0.500. The number of carbonyl (C=O) groups is 1. The van der Waals surface area contributed by atoms with Crippen LogP contribution in [0.15, 0.2) is 18.2 Å². The van der Waals surface area contributed by atoms with Crippen LogP contribution in [0.25, 0.3) is 0 Å². The molecule has 1 amide bonds. The first-order valence-corrected chi connectivity index (χ1v) is 7.02. The van der Waals surface area contributed by atoms with Gasteiger partial charge in [0.1, 0.15) is 5.75 Å². The summed E-state index contributed by atoms with van der Waals surface area (Å²) in [6, 6.07) is 5.58. The van der Waals surface area contributed by atoms with E-state index in [0.29, 0.717) is 29.0 Å². The molecule has 1 aliphatic rings. The van der Waals surface area contributed by atoms with Crippen molar-refractivity contribution in [3.63, 3.8) is 0 Å². The summed E-state index contributed by atoms with van der Waals surface area (Å²) in [6.45, 7) is 2.30. The Balaban J connectivity index is 1.95. The number of amides is 1. The molecule has 5 nitrogen and oxygen atoms in total. The van der Waals surface area contributed by atoms with Gasteiger partial charge in [-0.2, -0.15) is 0 Å². The van der Waals surface area contributed by atoms with Crippen molar-refractivity contribution in [1.82, 2.24) is 10.2 Å². The second-order valence-corrected chi connectivity index (χ2v) is 5.39. The van der Waals surface area contributed by atoms with E-state index in [9.17, 15) is 4.79 Å². The minimum absolute atomic E-state index is 0.0695. The minimum Gasteiger partial charge on any atom is -0.495 e. The number of ether oxygens (including phenoxy) is 1. The second kappa shape index (κ2) is 6.92. The van der Waals surface area contributed by atoms with Crippen LogP contribution in [0, 0.1) is 0 Å². The lowest BCUT2D eigenvalue weighted by Gasteiger charge is -2.22. The monoisotopic (exact) mass is 297 g/mol. The Morgan fingerprint density at radius 1 is 1.60 bits per heavy atom. The van der Waals surface area contributed by atoms with E-state index < -0.39 is 0 Å². The van der Waals surface area contributed by atoms with Crippen molar-refractivity contribution in [3.05, 3.63) is 23.2 Å². The normalized spacial score (nSPS) is 18.3. The van der Waals surface area contributed by atoms with Gasteiger partial charge in [-0.3, -0.25) is 9.69 Å². The van der Waals surface area contributed by atoms with Crippen molar-refractivity contribution >= 4 is 23.2 Å². The Bertz CT molecular complexity index is 475. The molecule has 1 saturated heterocycles. The zero-order chi connectivity index (χ0) is 14.5. The summed E-state index contributed by atoms with van der Waals surface area (Å²) in [5, 5.41) is 6.70. The van der Waals surface area contributed by atoms with E-state index in [0.717, 1.165) is 19.5 Å². The van der Waals surface area contributed by atoms with Crippen molar-refractivity contribution < 1.29 is 9.53 Å². The maximum Gasteiger partial charge on any atom is 0.238 e. The zero-order valence-corrected chi connectivity index (χ0v) is 12.5. The fourth-order valence-electron chi connectivity index (χ4n) is 2.34. The van der Waals surface area contributed by atoms with Gasteiger partial charge in [0.2, 0.25) is 5.91 Å². The summed E-state index contributed by atoms with van der Waals surface area (Å²) in [7, 11) is 3.53.